The maximum Gasteiger partial charge on any atom is 0.417 e. The molecule has 2 aromatic rings. The van der Waals surface area contributed by atoms with E-state index in [1.54, 1.807) is 0 Å². The van der Waals surface area contributed by atoms with E-state index in [0.717, 1.165) is 12.1 Å². The molecule has 4 rings (SSSR count). The molecule has 1 fully saturated rings. The molecular weight excluding hydrogens is 403 g/mol. The van der Waals surface area contributed by atoms with Crippen LogP contribution < -0.4 is 4.90 Å². The lowest BCUT2D eigenvalue weighted by molar-refractivity contribution is -0.133. The Morgan fingerprint density at radius 3 is 2.60 bits per heavy atom. The number of hydrogen-bond donors (Lipinski definition) is 0. The Morgan fingerprint density at radius 2 is 1.97 bits per heavy atom. The summed E-state index contributed by atoms with van der Waals surface area (Å²) in [7, 11) is 0. The number of rotatable bonds is 4. The maximum atomic E-state index is 13.5. The SMILES string of the molecule is CC[C@H]1CN(c2onc3c2CN(C(=O)Cc2cc(F)c(F)c(F)c2)[C@@H](C)C3)C(=O)O1. The van der Waals surface area contributed by atoms with Crippen LogP contribution in [0.5, 0.6) is 0 Å². The summed E-state index contributed by atoms with van der Waals surface area (Å²) in [5, 5.41) is 4.04. The van der Waals surface area contributed by atoms with Gasteiger partial charge in [0, 0.05) is 12.5 Å². The summed E-state index contributed by atoms with van der Waals surface area (Å²) in [5.74, 6) is -4.40. The highest BCUT2D eigenvalue weighted by Gasteiger charge is 2.39. The van der Waals surface area contributed by atoms with Crippen LogP contribution in [-0.4, -0.2) is 40.7 Å². The van der Waals surface area contributed by atoms with Gasteiger partial charge >= 0.3 is 6.09 Å². The molecule has 7 nitrogen and oxygen atoms in total. The Hall–Kier alpha value is -3.04. The molecule has 1 saturated heterocycles. The fourth-order valence-corrected chi connectivity index (χ4v) is 3.80. The molecule has 2 atom stereocenters. The lowest BCUT2D eigenvalue weighted by atomic mass is 9.99. The van der Waals surface area contributed by atoms with E-state index in [1.807, 2.05) is 13.8 Å². The van der Waals surface area contributed by atoms with Crippen molar-refractivity contribution in [3.8, 4) is 0 Å². The van der Waals surface area contributed by atoms with Gasteiger partial charge in [-0.25, -0.2) is 22.9 Å². The molecule has 0 N–H and O–H groups in total. The lowest BCUT2D eigenvalue weighted by Crippen LogP contribution is -2.43. The van der Waals surface area contributed by atoms with Crippen LogP contribution >= 0.6 is 0 Å². The Labute approximate surface area is 170 Å². The summed E-state index contributed by atoms with van der Waals surface area (Å²) in [5.41, 5.74) is 1.29. The molecule has 0 saturated carbocycles. The first-order valence-electron chi connectivity index (χ1n) is 9.66. The lowest BCUT2D eigenvalue weighted by Gasteiger charge is -2.33. The zero-order chi connectivity index (χ0) is 21.6. The summed E-state index contributed by atoms with van der Waals surface area (Å²) < 4.78 is 50.8. The number of ether oxygens (including phenoxy) is 1. The Kier molecular flexibility index (Phi) is 5.17. The number of benzene rings is 1. The van der Waals surface area contributed by atoms with Crippen molar-refractivity contribution in [3.05, 3.63) is 46.4 Å². The fraction of sp³-hybridized carbons (Fsp3) is 0.450. The van der Waals surface area contributed by atoms with E-state index in [4.69, 9.17) is 9.26 Å². The number of aromatic nitrogens is 1. The van der Waals surface area contributed by atoms with E-state index in [1.165, 1.54) is 9.80 Å². The van der Waals surface area contributed by atoms with E-state index in [-0.39, 0.29) is 42.5 Å². The normalized spacial score (nSPS) is 21.0. The largest absolute Gasteiger partial charge is 0.444 e. The predicted molar refractivity (Wildman–Crippen MR) is 98.1 cm³/mol. The molecule has 2 aliphatic heterocycles. The molecule has 0 unspecified atom stereocenters. The first kappa shape index (κ1) is 20.2. The monoisotopic (exact) mass is 423 g/mol. The minimum atomic E-state index is -1.57. The first-order valence-corrected chi connectivity index (χ1v) is 9.66. The van der Waals surface area contributed by atoms with Gasteiger partial charge in [0.15, 0.2) is 17.5 Å². The molecule has 160 valence electrons. The standard InChI is InChI=1S/C20H20F3N3O4/c1-3-12-8-26(20(28)29-12)19-13-9-25(10(2)4-16(13)24-30-19)17(27)7-11-5-14(21)18(23)15(22)6-11/h5-6,10,12H,3-4,7-9H2,1-2H3/t10-,12-/m0/s1. The number of carbonyl (C=O) groups is 2. The Balaban J connectivity index is 1.55. The van der Waals surface area contributed by atoms with E-state index in [9.17, 15) is 22.8 Å². The molecule has 2 aliphatic rings. The van der Waals surface area contributed by atoms with Gasteiger partial charge in [-0.2, -0.15) is 0 Å². The second kappa shape index (κ2) is 7.66. The van der Waals surface area contributed by atoms with Crippen molar-refractivity contribution in [1.29, 1.82) is 0 Å². The van der Waals surface area contributed by atoms with Crippen LogP contribution in [0.2, 0.25) is 0 Å². The number of fused-ring (bicyclic) bond motifs is 1. The van der Waals surface area contributed by atoms with Crippen LogP contribution in [0.25, 0.3) is 0 Å². The second-order valence-corrected chi connectivity index (χ2v) is 7.56. The van der Waals surface area contributed by atoms with Gasteiger partial charge in [0.05, 0.1) is 30.8 Å². The molecule has 2 amide bonds. The number of anilines is 1. The van der Waals surface area contributed by atoms with Gasteiger partial charge in [-0.05, 0) is 31.0 Å². The topological polar surface area (TPSA) is 75.9 Å². The second-order valence-electron chi connectivity index (χ2n) is 7.56. The summed E-state index contributed by atoms with van der Waals surface area (Å²) in [6, 6.07) is 1.38. The highest BCUT2D eigenvalue weighted by Crippen LogP contribution is 2.34. The predicted octanol–water partition coefficient (Wildman–Crippen LogP) is 3.34. The third-order valence-electron chi connectivity index (χ3n) is 5.49. The van der Waals surface area contributed by atoms with Crippen molar-refractivity contribution in [1.82, 2.24) is 10.1 Å². The van der Waals surface area contributed by atoms with Crippen LogP contribution in [0.1, 0.15) is 37.1 Å². The van der Waals surface area contributed by atoms with Crippen molar-refractivity contribution in [3.63, 3.8) is 0 Å². The third kappa shape index (κ3) is 3.50. The summed E-state index contributed by atoms with van der Waals surface area (Å²) in [4.78, 5) is 27.9. The summed E-state index contributed by atoms with van der Waals surface area (Å²) in [6.45, 7) is 4.17. The van der Waals surface area contributed by atoms with Gasteiger partial charge in [0.25, 0.3) is 0 Å². The number of carbonyl (C=O) groups excluding carboxylic acids is 2. The average molecular weight is 423 g/mol. The number of hydrogen-bond acceptors (Lipinski definition) is 5. The molecule has 0 aliphatic carbocycles. The zero-order valence-corrected chi connectivity index (χ0v) is 16.5. The van der Waals surface area contributed by atoms with E-state index in [0.29, 0.717) is 30.6 Å². The number of nitrogens with zero attached hydrogens (tertiary/aromatic N) is 3. The van der Waals surface area contributed by atoms with Gasteiger partial charge in [0.1, 0.15) is 6.10 Å². The van der Waals surface area contributed by atoms with Crippen LogP contribution in [0.4, 0.5) is 23.8 Å². The number of cyclic esters (lactones) is 1. The highest BCUT2D eigenvalue weighted by atomic mass is 19.2. The van der Waals surface area contributed by atoms with Crippen molar-refractivity contribution < 1.29 is 32.0 Å². The van der Waals surface area contributed by atoms with Crippen LogP contribution in [0, 0.1) is 17.5 Å². The Bertz CT molecular complexity index is 986. The number of amides is 2. The van der Waals surface area contributed by atoms with Crippen molar-refractivity contribution >= 4 is 17.9 Å². The third-order valence-corrected chi connectivity index (χ3v) is 5.49. The highest BCUT2D eigenvalue weighted by molar-refractivity contribution is 5.89. The summed E-state index contributed by atoms with van der Waals surface area (Å²) in [6.07, 6.45) is -0.0174. The summed E-state index contributed by atoms with van der Waals surface area (Å²) >= 11 is 0. The minimum Gasteiger partial charge on any atom is -0.444 e. The van der Waals surface area contributed by atoms with Crippen molar-refractivity contribution in [2.75, 3.05) is 11.4 Å². The minimum absolute atomic E-state index is 0.0360. The van der Waals surface area contributed by atoms with E-state index < -0.39 is 23.5 Å². The molecule has 30 heavy (non-hydrogen) atoms. The fourth-order valence-electron chi connectivity index (χ4n) is 3.80. The average Bonchev–Trinajstić information content (AvgIpc) is 3.27. The smallest absolute Gasteiger partial charge is 0.417 e. The van der Waals surface area contributed by atoms with Gasteiger partial charge in [0.2, 0.25) is 11.8 Å². The molecule has 0 spiro atoms. The molecule has 1 aromatic heterocycles. The molecular formula is C20H20F3N3O4. The van der Waals surface area contributed by atoms with Crippen LogP contribution in [-0.2, 0) is 28.9 Å². The Morgan fingerprint density at radius 1 is 1.27 bits per heavy atom. The van der Waals surface area contributed by atoms with Gasteiger partial charge in [-0.3, -0.25) is 4.79 Å². The number of halogens is 3. The zero-order valence-electron chi connectivity index (χ0n) is 16.5. The molecule has 3 heterocycles. The van der Waals surface area contributed by atoms with Crippen LogP contribution in [0.15, 0.2) is 16.7 Å². The van der Waals surface area contributed by atoms with Crippen molar-refractivity contribution in [2.24, 2.45) is 0 Å². The van der Waals surface area contributed by atoms with Gasteiger partial charge in [-0.1, -0.05) is 12.1 Å². The van der Waals surface area contributed by atoms with Gasteiger partial charge < -0.3 is 14.2 Å². The molecule has 1 aromatic carbocycles. The van der Waals surface area contributed by atoms with E-state index in [2.05, 4.69) is 5.16 Å². The molecule has 0 bridgehead atoms. The molecule has 0 radical (unpaired) electrons. The maximum absolute atomic E-state index is 13.5. The van der Waals surface area contributed by atoms with Gasteiger partial charge in [-0.15, -0.1) is 0 Å². The van der Waals surface area contributed by atoms with Crippen LogP contribution in [0.3, 0.4) is 0 Å². The quantitative estimate of drug-likeness (QED) is 0.705. The van der Waals surface area contributed by atoms with Crippen molar-refractivity contribution in [2.45, 2.75) is 51.8 Å². The molecule has 10 heteroatoms. The first-order chi connectivity index (χ1) is 14.3. The van der Waals surface area contributed by atoms with E-state index >= 15 is 0 Å².